The molecular weight excluding hydrogens is 547 g/mol. The van der Waals surface area contributed by atoms with Gasteiger partial charge in [-0.1, -0.05) is 0 Å². The van der Waals surface area contributed by atoms with E-state index in [4.69, 9.17) is 4.42 Å². The number of hydrogen-bond donors (Lipinski definition) is 4. The zero-order chi connectivity index (χ0) is 27.3. The summed E-state index contributed by atoms with van der Waals surface area (Å²) < 4.78 is 41.9. The normalized spacial score (nSPS) is 15.7. The number of sulfonamides is 1. The van der Waals surface area contributed by atoms with Gasteiger partial charge in [-0.15, -0.1) is 11.3 Å². The molecule has 14 heteroatoms. The molecule has 4 N–H and O–H groups in total. The Morgan fingerprint density at radius 1 is 1.13 bits per heavy atom. The molecule has 210 valence electrons. The summed E-state index contributed by atoms with van der Waals surface area (Å²) in [5.74, 6) is 1.32. The Balaban J connectivity index is 1.26. The van der Waals surface area contributed by atoms with Crippen LogP contribution in [0.4, 0.5) is 17.3 Å². The molecule has 0 amide bonds. The van der Waals surface area contributed by atoms with Gasteiger partial charge in [0.15, 0.2) is 21.6 Å². The second kappa shape index (κ2) is 12.3. The molecule has 1 fully saturated rings. The quantitative estimate of drug-likeness (QED) is 0.232. The van der Waals surface area contributed by atoms with Gasteiger partial charge in [-0.3, -0.25) is 0 Å². The highest BCUT2D eigenvalue weighted by molar-refractivity contribution is 7.91. The highest BCUT2D eigenvalue weighted by atomic mass is 32.2. The van der Waals surface area contributed by atoms with Crippen molar-refractivity contribution in [2.75, 3.05) is 50.4 Å². The number of piperazine rings is 1. The lowest BCUT2D eigenvalue weighted by atomic mass is 10.1. The average Bonchev–Trinajstić information content (AvgIpc) is 3.56. The molecule has 1 saturated heterocycles. The first kappa shape index (κ1) is 28.8. The van der Waals surface area contributed by atoms with E-state index in [0.29, 0.717) is 18.2 Å². The lowest BCUT2D eigenvalue weighted by Crippen LogP contribution is -2.44. The van der Waals surface area contributed by atoms with E-state index in [1.165, 1.54) is 17.4 Å². The lowest BCUT2D eigenvalue weighted by molar-refractivity contribution is 0.152. The molecule has 0 bridgehead atoms. The van der Waals surface area contributed by atoms with Gasteiger partial charge in [0, 0.05) is 37.1 Å². The van der Waals surface area contributed by atoms with Gasteiger partial charge in [0.25, 0.3) is 10.0 Å². The topological polar surface area (TPSA) is 136 Å². The number of aromatic hydroxyl groups is 1. The van der Waals surface area contributed by atoms with E-state index in [9.17, 15) is 13.5 Å². The highest BCUT2D eigenvalue weighted by Crippen LogP contribution is 2.40. The second-order valence-electron chi connectivity index (χ2n) is 10.6. The number of furan rings is 1. The molecule has 0 aromatic carbocycles. The summed E-state index contributed by atoms with van der Waals surface area (Å²) in [6.45, 7) is 11.4. The number of aryl methyl sites for hydroxylation is 1. The largest absolute Gasteiger partial charge is 0.504 e. The van der Waals surface area contributed by atoms with Crippen molar-refractivity contribution in [3.05, 3.63) is 29.0 Å². The summed E-state index contributed by atoms with van der Waals surface area (Å²) in [5.41, 5.74) is 0.752. The van der Waals surface area contributed by atoms with E-state index < -0.39 is 15.6 Å². The number of likely N-dealkylation sites (N-methyl/N-ethyl adjacent to an activating group) is 1. The maximum absolute atomic E-state index is 12.6. The van der Waals surface area contributed by atoms with Crippen LogP contribution < -0.4 is 15.4 Å². The van der Waals surface area contributed by atoms with E-state index in [1.807, 2.05) is 6.26 Å². The van der Waals surface area contributed by atoms with Crippen LogP contribution in [0, 0.1) is 0 Å². The minimum absolute atomic E-state index is 0.153. The predicted octanol–water partition coefficient (Wildman–Crippen LogP) is 3.90. The summed E-state index contributed by atoms with van der Waals surface area (Å²) in [7, 11) is -1.69. The maximum Gasteiger partial charge on any atom is 0.254 e. The average molecular weight is 584 g/mol. The summed E-state index contributed by atoms with van der Waals surface area (Å²) in [6.07, 6.45) is 5.08. The number of hydrogen-bond acceptors (Lipinski definition) is 12. The standard InChI is InChI=1S/C24H37N7O4S3/c1-24(2,3)29-38(33,34)23-20(32)19(16-36-23)26-22-21(27-37-28-22)25-14-18-13-17(15-35-18)7-5-6-8-31-11-9-30(4)10-12-31/h13,15-16,29,32H,5-12,14H2,1-4H3,(H,25,27)(H,26,28). The van der Waals surface area contributed by atoms with Gasteiger partial charge in [-0.25, -0.2) is 13.1 Å². The van der Waals surface area contributed by atoms with Crippen molar-refractivity contribution in [3.63, 3.8) is 0 Å². The molecule has 3 aromatic heterocycles. The third-order valence-electron chi connectivity index (χ3n) is 6.08. The summed E-state index contributed by atoms with van der Waals surface area (Å²) >= 11 is 1.94. The number of thiophene rings is 1. The first-order chi connectivity index (χ1) is 18.0. The Morgan fingerprint density at radius 3 is 2.61 bits per heavy atom. The Hall–Kier alpha value is -2.23. The monoisotopic (exact) mass is 583 g/mol. The van der Waals surface area contributed by atoms with Crippen molar-refractivity contribution in [1.82, 2.24) is 23.3 Å². The van der Waals surface area contributed by atoms with Crippen LogP contribution in [-0.4, -0.2) is 77.4 Å². The van der Waals surface area contributed by atoms with Crippen LogP contribution in [0.2, 0.25) is 0 Å². The van der Waals surface area contributed by atoms with Gasteiger partial charge in [0.05, 0.1) is 30.2 Å². The van der Waals surface area contributed by atoms with Crippen molar-refractivity contribution in [2.45, 2.75) is 56.3 Å². The van der Waals surface area contributed by atoms with E-state index in [2.05, 4.69) is 47.0 Å². The molecule has 4 rings (SSSR count). The fourth-order valence-electron chi connectivity index (χ4n) is 4.13. The van der Waals surface area contributed by atoms with E-state index >= 15 is 0 Å². The molecule has 11 nitrogen and oxygen atoms in total. The van der Waals surface area contributed by atoms with Gasteiger partial charge < -0.3 is 30.0 Å². The molecule has 1 aliphatic heterocycles. The van der Waals surface area contributed by atoms with Gasteiger partial charge in [-0.05, 0) is 65.3 Å². The number of unbranched alkanes of at least 4 members (excludes halogenated alkanes) is 1. The van der Waals surface area contributed by atoms with Crippen LogP contribution in [-0.2, 0) is 23.0 Å². The number of aromatic nitrogens is 2. The first-order valence-corrected chi connectivity index (χ1v) is 15.7. The molecule has 0 aliphatic carbocycles. The second-order valence-corrected chi connectivity index (χ2v) is 13.9. The van der Waals surface area contributed by atoms with E-state index in [0.717, 1.165) is 74.4 Å². The van der Waals surface area contributed by atoms with Gasteiger partial charge >= 0.3 is 0 Å². The molecule has 4 heterocycles. The lowest BCUT2D eigenvalue weighted by Gasteiger charge is -2.32. The Morgan fingerprint density at radius 2 is 1.87 bits per heavy atom. The van der Waals surface area contributed by atoms with Gasteiger partial charge in [-0.2, -0.15) is 8.75 Å². The Bertz CT molecular complexity index is 1290. The zero-order valence-corrected chi connectivity index (χ0v) is 24.7. The first-order valence-electron chi connectivity index (χ1n) is 12.7. The van der Waals surface area contributed by atoms with Crippen molar-refractivity contribution < 1.29 is 17.9 Å². The summed E-state index contributed by atoms with van der Waals surface area (Å²) in [4.78, 5) is 4.91. The third kappa shape index (κ3) is 7.90. The highest BCUT2D eigenvalue weighted by Gasteiger charge is 2.28. The van der Waals surface area contributed by atoms with Crippen LogP contribution in [0.15, 0.2) is 26.3 Å². The Labute approximate surface area is 232 Å². The fourth-order valence-corrected chi connectivity index (χ4v) is 7.28. The Kier molecular flexibility index (Phi) is 9.31. The molecule has 0 spiro atoms. The number of nitrogens with zero attached hydrogens (tertiary/aromatic N) is 4. The van der Waals surface area contributed by atoms with Crippen molar-refractivity contribution in [2.24, 2.45) is 0 Å². The molecule has 0 saturated carbocycles. The molecule has 38 heavy (non-hydrogen) atoms. The fraction of sp³-hybridized carbons (Fsp3) is 0.583. The smallest absolute Gasteiger partial charge is 0.254 e. The molecule has 0 radical (unpaired) electrons. The van der Waals surface area contributed by atoms with Crippen LogP contribution >= 0.6 is 23.1 Å². The molecule has 0 unspecified atom stereocenters. The molecule has 0 atom stereocenters. The molecule has 1 aliphatic rings. The SMILES string of the molecule is CN1CCN(CCCCc2coc(CNc3nsnc3Nc3csc(S(=O)(=O)NC(C)(C)C)c3O)c2)CC1. The summed E-state index contributed by atoms with van der Waals surface area (Å²) in [5, 5.41) is 18.3. The van der Waals surface area contributed by atoms with E-state index in [-0.39, 0.29) is 15.6 Å². The molecular formula is C24H37N7O4S3. The van der Waals surface area contributed by atoms with Crippen molar-refractivity contribution in [3.8, 4) is 5.75 Å². The maximum atomic E-state index is 12.6. The minimum Gasteiger partial charge on any atom is -0.504 e. The summed E-state index contributed by atoms with van der Waals surface area (Å²) in [6, 6.07) is 2.06. The van der Waals surface area contributed by atoms with Crippen LogP contribution in [0.3, 0.4) is 0 Å². The van der Waals surface area contributed by atoms with Crippen LogP contribution in [0.5, 0.6) is 5.75 Å². The number of anilines is 3. The van der Waals surface area contributed by atoms with Crippen molar-refractivity contribution in [1.29, 1.82) is 0 Å². The van der Waals surface area contributed by atoms with Gasteiger partial charge in [0.1, 0.15) is 5.76 Å². The number of rotatable bonds is 12. The number of nitrogens with one attached hydrogen (secondary N) is 3. The van der Waals surface area contributed by atoms with Crippen LogP contribution in [0.25, 0.3) is 0 Å². The predicted molar refractivity (Wildman–Crippen MR) is 152 cm³/mol. The minimum atomic E-state index is -3.86. The zero-order valence-electron chi connectivity index (χ0n) is 22.3. The van der Waals surface area contributed by atoms with Crippen LogP contribution in [0.1, 0.15) is 44.9 Å². The molecule has 3 aromatic rings. The van der Waals surface area contributed by atoms with Crippen molar-refractivity contribution >= 4 is 50.4 Å². The van der Waals surface area contributed by atoms with Gasteiger partial charge in [0.2, 0.25) is 0 Å². The third-order valence-corrected chi connectivity index (χ3v) is 9.88. The van der Waals surface area contributed by atoms with E-state index in [1.54, 1.807) is 20.8 Å².